The largest absolute Gasteiger partial charge is 0.309 e. The van der Waals surface area contributed by atoms with E-state index in [0.29, 0.717) is 0 Å². The van der Waals surface area contributed by atoms with Gasteiger partial charge in [-0.1, -0.05) is 84.9 Å². The molecule has 0 radical (unpaired) electrons. The number of hydrogen-bond acceptors (Lipinski definition) is 2. The number of nitrogens with zero attached hydrogens (tertiary/aromatic N) is 5. The summed E-state index contributed by atoms with van der Waals surface area (Å²) in [5.74, 6) is 0.961. The molecule has 0 saturated carbocycles. The molecule has 55 heavy (non-hydrogen) atoms. The third kappa shape index (κ3) is 3.88. The first-order valence-corrected chi connectivity index (χ1v) is 19.5. The van der Waals surface area contributed by atoms with Gasteiger partial charge in [0, 0.05) is 60.0 Å². The predicted octanol–water partition coefficient (Wildman–Crippen LogP) is 13.0. The lowest BCUT2D eigenvalue weighted by Crippen LogP contribution is -1.98. The van der Waals surface area contributed by atoms with Crippen molar-refractivity contribution in [3.05, 3.63) is 176 Å². The van der Waals surface area contributed by atoms with E-state index < -0.39 is 0 Å². The molecule has 0 aliphatic rings. The molecule has 0 saturated heterocycles. The molecule has 0 spiro atoms. The van der Waals surface area contributed by atoms with Crippen LogP contribution in [0, 0.1) is 0 Å². The van der Waals surface area contributed by atoms with Crippen molar-refractivity contribution in [3.63, 3.8) is 0 Å². The lowest BCUT2D eigenvalue weighted by atomic mass is 10.1. The van der Waals surface area contributed by atoms with E-state index in [9.17, 15) is 0 Å². The average Bonchev–Trinajstić information content (AvgIpc) is 4.04. The molecule has 0 bridgehead atoms. The van der Waals surface area contributed by atoms with Crippen molar-refractivity contribution >= 4 is 103 Å². The highest BCUT2D eigenvalue weighted by Crippen LogP contribution is 2.42. The highest BCUT2D eigenvalue weighted by molar-refractivity contribution is 7.26. The fraction of sp³-hybridized carbons (Fsp3) is 0. The Labute approximate surface area is 317 Å². The predicted molar refractivity (Wildman–Crippen MR) is 231 cm³/mol. The molecule has 0 amide bonds. The van der Waals surface area contributed by atoms with Gasteiger partial charge in [0.15, 0.2) is 5.82 Å². The first-order chi connectivity index (χ1) is 27.3. The Bertz CT molecular complexity index is 3680. The molecule has 13 aromatic rings. The molecule has 0 atom stereocenters. The van der Waals surface area contributed by atoms with E-state index in [1.165, 1.54) is 74.7 Å². The number of hydrogen-bond donors (Lipinski definition) is 0. The third-order valence-electron chi connectivity index (χ3n) is 11.6. The number of fused-ring (bicyclic) bond motifs is 14. The van der Waals surface area contributed by atoms with Gasteiger partial charge in [-0.05, 0) is 84.9 Å². The molecular formula is C49H29N5S. The molecule has 0 unspecified atom stereocenters. The maximum Gasteiger partial charge on any atom is 0.155 e. The zero-order chi connectivity index (χ0) is 35.8. The summed E-state index contributed by atoms with van der Waals surface area (Å²) in [7, 11) is 0. The minimum Gasteiger partial charge on any atom is -0.309 e. The lowest BCUT2D eigenvalue weighted by Gasteiger charge is -2.10. The van der Waals surface area contributed by atoms with Crippen LogP contribution in [-0.4, -0.2) is 23.1 Å². The number of rotatable bonds is 3. The molecule has 0 aliphatic carbocycles. The normalized spacial score (nSPS) is 12.4. The van der Waals surface area contributed by atoms with Gasteiger partial charge in [-0.25, -0.2) is 4.98 Å². The van der Waals surface area contributed by atoms with Gasteiger partial charge in [0.25, 0.3) is 0 Å². The second-order valence-electron chi connectivity index (χ2n) is 14.4. The Kier molecular flexibility index (Phi) is 5.71. The standard InChI is InChI=1S/C49H29N5S/c1-5-15-39-30(11-1)27-47-52(44-19-9-10-20-45(44)53(39)47)32-22-24-46-38(29-32)36-25-26-50-49(48(36)55-46)54-42-18-8-4-14-35(42)37-28-31(21-23-43(37)54)51-40-16-6-2-12-33(40)34-13-3-7-17-41(34)51/h1-29H. The van der Waals surface area contributed by atoms with Crippen molar-refractivity contribution < 1.29 is 0 Å². The van der Waals surface area contributed by atoms with Gasteiger partial charge in [-0.3, -0.25) is 13.5 Å². The SMILES string of the molecule is c1ccc2c(c1)cc1n(-c3ccc4sc5c(-n6c7ccccc7c7cc(-n8c9ccccc9c9ccccc98)ccc76)nccc5c4c3)c3ccccc3n21. The van der Waals surface area contributed by atoms with Gasteiger partial charge in [-0.2, -0.15) is 0 Å². The molecule has 0 fully saturated rings. The molecule has 6 aromatic heterocycles. The monoisotopic (exact) mass is 719 g/mol. The van der Waals surface area contributed by atoms with Crippen molar-refractivity contribution in [1.82, 2.24) is 23.1 Å². The molecule has 6 heteroatoms. The Morgan fingerprint density at radius 2 is 0.945 bits per heavy atom. The van der Waals surface area contributed by atoms with E-state index in [-0.39, 0.29) is 0 Å². The van der Waals surface area contributed by atoms with Crippen LogP contribution >= 0.6 is 11.3 Å². The molecule has 256 valence electrons. The van der Waals surface area contributed by atoms with Crippen LogP contribution in [-0.2, 0) is 0 Å². The van der Waals surface area contributed by atoms with Gasteiger partial charge in [0.1, 0.15) is 5.65 Å². The highest BCUT2D eigenvalue weighted by Gasteiger charge is 2.21. The average molecular weight is 720 g/mol. The van der Waals surface area contributed by atoms with Crippen molar-refractivity contribution in [3.8, 4) is 17.2 Å². The molecule has 7 aromatic carbocycles. The maximum atomic E-state index is 5.14. The number of imidazole rings is 1. The van der Waals surface area contributed by atoms with Gasteiger partial charge < -0.3 is 4.57 Å². The molecule has 0 aliphatic heterocycles. The van der Waals surface area contributed by atoms with Crippen LogP contribution in [0.3, 0.4) is 0 Å². The Balaban J connectivity index is 1.04. The fourth-order valence-electron chi connectivity index (χ4n) is 9.30. The third-order valence-corrected chi connectivity index (χ3v) is 12.8. The minimum atomic E-state index is 0.961. The summed E-state index contributed by atoms with van der Waals surface area (Å²) < 4.78 is 12.0. The number of aromatic nitrogens is 5. The van der Waals surface area contributed by atoms with Gasteiger partial charge >= 0.3 is 0 Å². The van der Waals surface area contributed by atoms with Gasteiger partial charge in [-0.15, -0.1) is 11.3 Å². The number of para-hydroxylation sites is 6. The van der Waals surface area contributed by atoms with Crippen molar-refractivity contribution in [2.45, 2.75) is 0 Å². The quantitative estimate of drug-likeness (QED) is 0.179. The molecular weight excluding hydrogens is 691 g/mol. The van der Waals surface area contributed by atoms with E-state index in [1.807, 2.05) is 17.5 Å². The second-order valence-corrected chi connectivity index (χ2v) is 15.5. The Hall–Kier alpha value is -7.15. The molecule has 6 heterocycles. The summed E-state index contributed by atoms with van der Waals surface area (Å²) in [4.78, 5) is 5.14. The van der Waals surface area contributed by atoms with E-state index >= 15 is 0 Å². The summed E-state index contributed by atoms with van der Waals surface area (Å²) in [5.41, 5.74) is 11.8. The van der Waals surface area contributed by atoms with Gasteiger partial charge in [0.2, 0.25) is 0 Å². The zero-order valence-electron chi connectivity index (χ0n) is 29.4. The molecule has 13 rings (SSSR count). The lowest BCUT2D eigenvalue weighted by molar-refractivity contribution is 1.10. The van der Waals surface area contributed by atoms with Crippen LogP contribution in [0.1, 0.15) is 0 Å². The first kappa shape index (κ1) is 29.3. The van der Waals surface area contributed by atoms with E-state index in [0.717, 1.165) is 33.9 Å². The molecule has 5 nitrogen and oxygen atoms in total. The van der Waals surface area contributed by atoms with E-state index in [2.05, 4.69) is 188 Å². The van der Waals surface area contributed by atoms with Gasteiger partial charge in [0.05, 0.1) is 43.3 Å². The van der Waals surface area contributed by atoms with Crippen LogP contribution in [0.5, 0.6) is 0 Å². The number of thiophene rings is 1. The van der Waals surface area contributed by atoms with Crippen molar-refractivity contribution in [1.29, 1.82) is 0 Å². The van der Waals surface area contributed by atoms with Crippen molar-refractivity contribution in [2.75, 3.05) is 0 Å². The topological polar surface area (TPSA) is 32.1 Å². The van der Waals surface area contributed by atoms with Crippen LogP contribution in [0.4, 0.5) is 0 Å². The number of pyridine rings is 1. The smallest absolute Gasteiger partial charge is 0.155 e. The van der Waals surface area contributed by atoms with E-state index in [1.54, 1.807) is 0 Å². The van der Waals surface area contributed by atoms with Crippen LogP contribution in [0.25, 0.3) is 109 Å². The number of benzene rings is 7. The second kappa shape index (κ2) is 10.7. The summed E-state index contributed by atoms with van der Waals surface area (Å²) in [6, 6.07) is 61.9. The minimum absolute atomic E-state index is 0.961. The highest BCUT2D eigenvalue weighted by atomic mass is 32.1. The van der Waals surface area contributed by atoms with Crippen LogP contribution < -0.4 is 0 Å². The molecule has 0 N–H and O–H groups in total. The summed E-state index contributed by atoms with van der Waals surface area (Å²) in [6.45, 7) is 0. The first-order valence-electron chi connectivity index (χ1n) is 18.6. The fourth-order valence-corrected chi connectivity index (χ4v) is 10.5. The summed E-state index contributed by atoms with van der Waals surface area (Å²) in [6.07, 6.45) is 1.98. The van der Waals surface area contributed by atoms with Crippen molar-refractivity contribution in [2.24, 2.45) is 0 Å². The Morgan fingerprint density at radius 1 is 0.382 bits per heavy atom. The zero-order valence-corrected chi connectivity index (χ0v) is 30.2. The Morgan fingerprint density at radius 3 is 1.71 bits per heavy atom. The van der Waals surface area contributed by atoms with E-state index in [4.69, 9.17) is 4.98 Å². The van der Waals surface area contributed by atoms with Crippen LogP contribution in [0.2, 0.25) is 0 Å². The van der Waals surface area contributed by atoms with Crippen LogP contribution in [0.15, 0.2) is 176 Å². The summed E-state index contributed by atoms with van der Waals surface area (Å²) >= 11 is 1.82. The maximum absolute atomic E-state index is 5.14. The summed E-state index contributed by atoms with van der Waals surface area (Å²) in [5, 5.41) is 8.64.